The first-order valence-corrected chi connectivity index (χ1v) is 7.38. The third-order valence-electron chi connectivity index (χ3n) is 2.74. The van der Waals surface area contributed by atoms with E-state index in [1.54, 1.807) is 11.6 Å². The van der Waals surface area contributed by atoms with E-state index in [2.05, 4.69) is 4.98 Å². The van der Waals surface area contributed by atoms with Crippen molar-refractivity contribution in [2.75, 3.05) is 10.7 Å². The van der Waals surface area contributed by atoms with Crippen LogP contribution in [-0.4, -0.2) is 16.6 Å². The number of rotatable bonds is 2. The summed E-state index contributed by atoms with van der Waals surface area (Å²) in [4.78, 5) is 17.3. The van der Waals surface area contributed by atoms with Gasteiger partial charge >= 0.3 is 0 Å². The van der Waals surface area contributed by atoms with Gasteiger partial charge in [0.2, 0.25) is 5.91 Å². The minimum absolute atomic E-state index is 0.0893. The molecule has 3 nitrogen and oxygen atoms in total. The molecule has 3 rings (SSSR count). The van der Waals surface area contributed by atoms with Crippen molar-refractivity contribution in [1.82, 2.24) is 4.98 Å². The molecule has 1 unspecified atom stereocenters. The highest BCUT2D eigenvalue weighted by Gasteiger charge is 2.38. The van der Waals surface area contributed by atoms with Crippen LogP contribution in [0.2, 0.25) is 0 Å². The average Bonchev–Trinajstić information content (AvgIpc) is 2.99. The summed E-state index contributed by atoms with van der Waals surface area (Å²) in [6.07, 6.45) is 1.56. The fourth-order valence-electron chi connectivity index (χ4n) is 1.93. The predicted molar refractivity (Wildman–Crippen MR) is 71.2 cm³/mol. The molecule has 0 bridgehead atoms. The third-order valence-corrected chi connectivity index (χ3v) is 4.69. The van der Waals surface area contributed by atoms with Gasteiger partial charge in [0.25, 0.3) is 0 Å². The van der Waals surface area contributed by atoms with Crippen LogP contribution in [0.15, 0.2) is 29.8 Å². The molecule has 2 heterocycles. The number of hydrogen-bond donors (Lipinski definition) is 0. The minimum Gasteiger partial charge on any atom is -0.273 e. The number of nitrogens with zero attached hydrogens (tertiary/aromatic N) is 2. The zero-order valence-corrected chi connectivity index (χ0v) is 11.2. The first-order valence-electron chi connectivity index (χ1n) is 5.45. The molecule has 19 heavy (non-hydrogen) atoms. The van der Waals surface area contributed by atoms with Crippen LogP contribution in [-0.2, 0) is 4.79 Å². The summed E-state index contributed by atoms with van der Waals surface area (Å²) >= 11 is 2.47. The van der Waals surface area contributed by atoms with E-state index in [1.165, 1.54) is 46.2 Å². The summed E-state index contributed by atoms with van der Waals surface area (Å²) in [7, 11) is 0. The smallest absolute Gasteiger partial charge is 0.240 e. The monoisotopic (exact) mass is 298 g/mol. The van der Waals surface area contributed by atoms with E-state index in [0.717, 1.165) is 0 Å². The Balaban J connectivity index is 2.07. The lowest BCUT2D eigenvalue weighted by Gasteiger charge is -2.22. The highest BCUT2D eigenvalue weighted by Crippen LogP contribution is 2.43. The molecule has 1 aliphatic rings. The molecule has 0 N–H and O–H groups in total. The Morgan fingerprint density at radius 3 is 2.68 bits per heavy atom. The number of aromatic nitrogens is 1. The second-order valence-corrected chi connectivity index (χ2v) is 5.82. The largest absolute Gasteiger partial charge is 0.273 e. The van der Waals surface area contributed by atoms with Gasteiger partial charge in [0.05, 0.1) is 11.3 Å². The molecule has 1 amide bonds. The van der Waals surface area contributed by atoms with Gasteiger partial charge in [0, 0.05) is 11.6 Å². The maximum Gasteiger partial charge on any atom is 0.240 e. The topological polar surface area (TPSA) is 33.2 Å². The number of benzene rings is 1. The van der Waals surface area contributed by atoms with Crippen molar-refractivity contribution in [1.29, 1.82) is 0 Å². The minimum atomic E-state index is -0.695. The number of carbonyl (C=O) groups excluding carboxylic acids is 1. The number of thiazole rings is 1. The quantitative estimate of drug-likeness (QED) is 0.853. The molecule has 0 aliphatic carbocycles. The second kappa shape index (κ2) is 4.90. The van der Waals surface area contributed by atoms with Gasteiger partial charge in [-0.15, -0.1) is 23.1 Å². The molecular weight excluding hydrogens is 290 g/mol. The van der Waals surface area contributed by atoms with Crippen molar-refractivity contribution >= 4 is 34.1 Å². The van der Waals surface area contributed by atoms with E-state index >= 15 is 0 Å². The van der Waals surface area contributed by atoms with Crippen molar-refractivity contribution < 1.29 is 13.6 Å². The van der Waals surface area contributed by atoms with Gasteiger partial charge in [0.15, 0.2) is 5.13 Å². The van der Waals surface area contributed by atoms with Crippen LogP contribution in [0, 0.1) is 11.6 Å². The lowest BCUT2D eigenvalue weighted by molar-refractivity contribution is -0.115. The van der Waals surface area contributed by atoms with Gasteiger partial charge in [-0.3, -0.25) is 9.69 Å². The van der Waals surface area contributed by atoms with Gasteiger partial charge in [0.1, 0.15) is 17.0 Å². The number of amides is 1. The van der Waals surface area contributed by atoms with E-state index in [1.807, 2.05) is 0 Å². The zero-order valence-electron chi connectivity index (χ0n) is 9.55. The molecule has 1 aromatic heterocycles. The van der Waals surface area contributed by atoms with Gasteiger partial charge in [-0.2, -0.15) is 0 Å². The van der Waals surface area contributed by atoms with Gasteiger partial charge in [-0.1, -0.05) is 6.07 Å². The number of thioether (sulfide) groups is 1. The maximum absolute atomic E-state index is 13.8. The molecule has 0 saturated carbocycles. The molecule has 0 radical (unpaired) electrons. The van der Waals surface area contributed by atoms with Crippen LogP contribution in [0.3, 0.4) is 0 Å². The summed E-state index contributed by atoms with van der Waals surface area (Å²) in [6, 6.07) is 3.70. The number of anilines is 1. The van der Waals surface area contributed by atoms with Gasteiger partial charge < -0.3 is 0 Å². The predicted octanol–water partition coefficient (Wildman–Crippen LogP) is 3.20. The Kier molecular flexibility index (Phi) is 3.24. The Labute approximate surface area is 116 Å². The van der Waals surface area contributed by atoms with Crippen LogP contribution in [0.1, 0.15) is 10.9 Å². The number of halogens is 2. The first-order chi connectivity index (χ1) is 9.18. The molecule has 7 heteroatoms. The normalized spacial score (nSPS) is 19.2. The van der Waals surface area contributed by atoms with E-state index in [-0.39, 0.29) is 17.2 Å². The second-order valence-electron chi connectivity index (χ2n) is 3.88. The Bertz CT molecular complexity index is 598. The summed E-state index contributed by atoms with van der Waals surface area (Å²) < 4.78 is 27.7. The van der Waals surface area contributed by atoms with Gasteiger partial charge in [-0.05, 0) is 12.1 Å². The fourth-order valence-corrected chi connectivity index (χ4v) is 3.88. The Morgan fingerprint density at radius 1 is 1.32 bits per heavy atom. The lowest BCUT2D eigenvalue weighted by Crippen LogP contribution is -2.28. The maximum atomic E-state index is 13.8. The highest BCUT2D eigenvalue weighted by atomic mass is 32.2. The van der Waals surface area contributed by atoms with Crippen molar-refractivity contribution in [3.8, 4) is 0 Å². The standard InChI is InChI=1S/C12H8F2N2OS2/c13-7-2-1-3-8(14)10(7)11-16(9(17)6-19-11)12-15-4-5-18-12/h1-5,11H,6H2. The van der Waals surface area contributed by atoms with Gasteiger partial charge in [-0.25, -0.2) is 13.8 Å². The van der Waals surface area contributed by atoms with Crippen molar-refractivity contribution in [2.24, 2.45) is 0 Å². The van der Waals surface area contributed by atoms with Crippen LogP contribution >= 0.6 is 23.1 Å². The molecule has 98 valence electrons. The van der Waals surface area contributed by atoms with Crippen molar-refractivity contribution in [3.63, 3.8) is 0 Å². The van der Waals surface area contributed by atoms with E-state index in [4.69, 9.17) is 0 Å². The van der Waals surface area contributed by atoms with Crippen LogP contribution in [0.25, 0.3) is 0 Å². The summed E-state index contributed by atoms with van der Waals surface area (Å²) in [6.45, 7) is 0. The molecule has 1 aromatic carbocycles. The van der Waals surface area contributed by atoms with Crippen LogP contribution in [0.4, 0.5) is 13.9 Å². The molecule has 1 aliphatic heterocycles. The molecule has 1 atom stereocenters. The molecule has 1 fully saturated rings. The van der Waals surface area contributed by atoms with Crippen LogP contribution in [0.5, 0.6) is 0 Å². The van der Waals surface area contributed by atoms with Crippen LogP contribution < -0.4 is 4.90 Å². The average molecular weight is 298 g/mol. The number of carbonyl (C=O) groups is 1. The third kappa shape index (κ3) is 2.12. The fraction of sp³-hybridized carbons (Fsp3) is 0.167. The Hall–Kier alpha value is -1.47. The summed E-state index contributed by atoms with van der Waals surface area (Å²) in [5.74, 6) is -1.28. The molecule has 1 saturated heterocycles. The van der Waals surface area contributed by atoms with Crippen molar-refractivity contribution in [2.45, 2.75) is 5.37 Å². The number of hydrogen-bond acceptors (Lipinski definition) is 4. The Morgan fingerprint density at radius 2 is 2.05 bits per heavy atom. The molecular formula is C12H8F2N2OS2. The van der Waals surface area contributed by atoms with Crippen molar-refractivity contribution in [3.05, 3.63) is 47.0 Å². The molecule has 2 aromatic rings. The summed E-state index contributed by atoms with van der Waals surface area (Å²) in [5, 5.41) is 1.49. The zero-order chi connectivity index (χ0) is 13.4. The summed E-state index contributed by atoms with van der Waals surface area (Å²) in [5.41, 5.74) is -0.0893. The molecule has 0 spiro atoms. The first kappa shape index (κ1) is 12.6. The van der Waals surface area contributed by atoms with E-state index in [0.29, 0.717) is 5.13 Å². The van der Waals surface area contributed by atoms with E-state index in [9.17, 15) is 13.6 Å². The lowest BCUT2D eigenvalue weighted by atomic mass is 10.2. The van der Waals surface area contributed by atoms with E-state index < -0.39 is 17.0 Å². The highest BCUT2D eigenvalue weighted by molar-refractivity contribution is 8.00. The SMILES string of the molecule is O=C1CSC(c2c(F)cccc2F)N1c1nccs1.